The first-order valence-corrected chi connectivity index (χ1v) is 7.33. The van der Waals surface area contributed by atoms with Crippen LogP contribution in [0.4, 0.5) is 9.59 Å². The molecule has 1 aromatic rings. The van der Waals surface area contributed by atoms with Gasteiger partial charge < -0.3 is 14.4 Å². The third kappa shape index (κ3) is 3.95. The summed E-state index contributed by atoms with van der Waals surface area (Å²) in [4.78, 5) is 26.3. The number of hydrogen-bond acceptors (Lipinski definition) is 4. The number of fused-ring (bicyclic) bond motifs is 1. The molecule has 6 nitrogen and oxygen atoms in total. The Balaban J connectivity index is 2.00. The molecule has 1 aromatic carbocycles. The van der Waals surface area contributed by atoms with Crippen molar-refractivity contribution in [3.63, 3.8) is 0 Å². The Bertz CT molecular complexity index is 621. The fourth-order valence-electron chi connectivity index (χ4n) is 2.60. The molecular weight excluding hydrogens is 296 g/mol. The number of hydrogen-bond donors (Lipinski definition) is 0. The van der Waals surface area contributed by atoms with Gasteiger partial charge in [-0.3, -0.25) is 4.90 Å². The molecular formula is C17H20N2O4. The van der Waals surface area contributed by atoms with Crippen molar-refractivity contribution in [1.29, 1.82) is 0 Å². The van der Waals surface area contributed by atoms with Crippen LogP contribution in [0.15, 0.2) is 24.3 Å². The average Bonchev–Trinajstić information content (AvgIpc) is 2.96. The predicted molar refractivity (Wildman–Crippen MR) is 84.6 cm³/mol. The van der Waals surface area contributed by atoms with Crippen molar-refractivity contribution in [1.82, 2.24) is 9.80 Å². The summed E-state index contributed by atoms with van der Waals surface area (Å²) in [6, 6.07) is 7.85. The van der Waals surface area contributed by atoms with Gasteiger partial charge in [0, 0.05) is 14.1 Å². The predicted octanol–water partition coefficient (Wildman–Crippen LogP) is 2.40. The summed E-state index contributed by atoms with van der Waals surface area (Å²) in [5.74, 6) is 2.48. The number of ether oxygens (including phenoxy) is 2. The normalized spacial score (nSPS) is 15.3. The van der Waals surface area contributed by atoms with Gasteiger partial charge in [-0.05, 0) is 24.0 Å². The number of rotatable bonds is 4. The van der Waals surface area contributed by atoms with E-state index in [9.17, 15) is 9.59 Å². The SMILES string of the molecule is C#CCN(C(=O)OCOC(=O)N(C)C)C1CCc2ccccc21. The summed E-state index contributed by atoms with van der Waals surface area (Å²) < 4.78 is 9.83. The molecule has 23 heavy (non-hydrogen) atoms. The van der Waals surface area contributed by atoms with E-state index in [-0.39, 0.29) is 12.6 Å². The van der Waals surface area contributed by atoms with Crippen LogP contribution in [-0.2, 0) is 15.9 Å². The lowest BCUT2D eigenvalue weighted by molar-refractivity contribution is -0.00421. The highest BCUT2D eigenvalue weighted by atomic mass is 16.7. The molecule has 0 aromatic heterocycles. The lowest BCUT2D eigenvalue weighted by atomic mass is 10.1. The van der Waals surface area contributed by atoms with Crippen LogP contribution in [0.1, 0.15) is 23.6 Å². The number of benzene rings is 1. The van der Waals surface area contributed by atoms with Gasteiger partial charge >= 0.3 is 12.2 Å². The van der Waals surface area contributed by atoms with Crippen LogP contribution < -0.4 is 0 Å². The van der Waals surface area contributed by atoms with Gasteiger partial charge in [0.2, 0.25) is 6.79 Å². The van der Waals surface area contributed by atoms with Gasteiger partial charge in [0.15, 0.2) is 0 Å². The zero-order chi connectivity index (χ0) is 16.8. The van der Waals surface area contributed by atoms with Crippen LogP contribution in [-0.4, -0.2) is 49.4 Å². The zero-order valence-electron chi connectivity index (χ0n) is 13.3. The Morgan fingerprint density at radius 3 is 2.65 bits per heavy atom. The molecule has 0 radical (unpaired) electrons. The van der Waals surface area contributed by atoms with Gasteiger partial charge in [-0.1, -0.05) is 30.2 Å². The van der Waals surface area contributed by atoms with Crippen LogP contribution in [0.3, 0.4) is 0 Å². The van der Waals surface area contributed by atoms with Gasteiger partial charge in [-0.25, -0.2) is 9.59 Å². The van der Waals surface area contributed by atoms with Crippen LogP contribution in [0.25, 0.3) is 0 Å². The summed E-state index contributed by atoms with van der Waals surface area (Å²) in [6.45, 7) is -0.301. The summed E-state index contributed by atoms with van der Waals surface area (Å²) in [5, 5.41) is 0. The molecule has 1 aliphatic carbocycles. The molecule has 0 bridgehead atoms. The smallest absolute Gasteiger partial charge is 0.412 e. The minimum atomic E-state index is -0.587. The van der Waals surface area contributed by atoms with Crippen molar-refractivity contribution in [3.05, 3.63) is 35.4 Å². The largest absolute Gasteiger partial charge is 0.413 e. The Morgan fingerprint density at radius 2 is 1.96 bits per heavy atom. The fourth-order valence-corrected chi connectivity index (χ4v) is 2.60. The highest BCUT2D eigenvalue weighted by molar-refractivity contribution is 5.70. The number of nitrogens with zero attached hydrogens (tertiary/aromatic N) is 2. The van der Waals surface area contributed by atoms with Crippen molar-refractivity contribution in [2.75, 3.05) is 27.4 Å². The Labute approximate surface area is 136 Å². The van der Waals surface area contributed by atoms with Crippen LogP contribution in [0.2, 0.25) is 0 Å². The maximum atomic E-state index is 12.3. The third-order valence-electron chi connectivity index (χ3n) is 3.70. The molecule has 122 valence electrons. The second kappa shape index (κ2) is 7.54. The van der Waals surface area contributed by atoms with Crippen molar-refractivity contribution >= 4 is 12.2 Å². The molecule has 0 spiro atoms. The molecule has 0 saturated heterocycles. The Kier molecular flexibility index (Phi) is 5.47. The van der Waals surface area contributed by atoms with E-state index in [1.54, 1.807) is 14.1 Å². The highest BCUT2D eigenvalue weighted by Crippen LogP contribution is 2.35. The van der Waals surface area contributed by atoms with E-state index in [1.165, 1.54) is 15.4 Å². The number of amides is 2. The van der Waals surface area contributed by atoms with E-state index >= 15 is 0 Å². The first kappa shape index (κ1) is 16.7. The minimum Gasteiger partial charge on any atom is -0.412 e. The molecule has 2 rings (SSSR count). The number of terminal acetylenes is 1. The van der Waals surface area contributed by atoms with Gasteiger partial charge in [0.25, 0.3) is 0 Å². The van der Waals surface area contributed by atoms with E-state index in [0.29, 0.717) is 0 Å². The molecule has 0 aliphatic heterocycles. The maximum absolute atomic E-state index is 12.3. The molecule has 0 N–H and O–H groups in total. The topological polar surface area (TPSA) is 59.1 Å². The lowest BCUT2D eigenvalue weighted by Crippen LogP contribution is -2.36. The number of carbonyl (C=O) groups is 2. The first-order chi connectivity index (χ1) is 11.0. The Hall–Kier alpha value is -2.68. The van der Waals surface area contributed by atoms with Gasteiger partial charge in [-0.2, -0.15) is 0 Å². The lowest BCUT2D eigenvalue weighted by Gasteiger charge is -2.27. The average molecular weight is 316 g/mol. The van der Waals surface area contributed by atoms with Gasteiger partial charge in [0.05, 0.1) is 12.6 Å². The van der Waals surface area contributed by atoms with Crippen LogP contribution >= 0.6 is 0 Å². The first-order valence-electron chi connectivity index (χ1n) is 7.33. The molecule has 1 unspecified atom stereocenters. The summed E-state index contributed by atoms with van der Waals surface area (Å²) >= 11 is 0. The molecule has 6 heteroatoms. The number of carbonyl (C=O) groups excluding carboxylic acids is 2. The van der Waals surface area contributed by atoms with Crippen molar-refractivity contribution in [2.45, 2.75) is 18.9 Å². The molecule has 1 aliphatic rings. The van der Waals surface area contributed by atoms with Crippen molar-refractivity contribution in [3.8, 4) is 12.3 Å². The van der Waals surface area contributed by atoms with Gasteiger partial charge in [0.1, 0.15) is 0 Å². The zero-order valence-corrected chi connectivity index (χ0v) is 13.3. The highest BCUT2D eigenvalue weighted by Gasteiger charge is 2.31. The standard InChI is InChI=1S/C17H20N2O4/c1-4-11-19(17(21)23-12-22-16(20)18(2)3)15-10-9-13-7-5-6-8-14(13)15/h1,5-8,15H,9-12H2,2-3H3. The molecule has 1 atom stereocenters. The maximum Gasteiger partial charge on any atom is 0.413 e. The van der Waals surface area contributed by atoms with Crippen molar-refractivity contribution in [2.24, 2.45) is 0 Å². The van der Waals surface area contributed by atoms with E-state index in [4.69, 9.17) is 15.9 Å². The summed E-state index contributed by atoms with van der Waals surface area (Å²) in [6.07, 6.45) is 5.91. The molecule has 0 heterocycles. The second-order valence-electron chi connectivity index (χ2n) is 5.42. The van der Waals surface area contributed by atoms with Crippen LogP contribution in [0, 0.1) is 12.3 Å². The number of aryl methyl sites for hydroxylation is 1. The fraction of sp³-hybridized carbons (Fsp3) is 0.412. The molecule has 0 fully saturated rings. The van der Waals surface area contributed by atoms with E-state index in [1.807, 2.05) is 24.3 Å². The van der Waals surface area contributed by atoms with E-state index in [2.05, 4.69) is 5.92 Å². The second-order valence-corrected chi connectivity index (χ2v) is 5.42. The Morgan fingerprint density at radius 1 is 1.26 bits per heavy atom. The molecule has 0 saturated carbocycles. The third-order valence-corrected chi connectivity index (χ3v) is 3.70. The van der Waals surface area contributed by atoms with E-state index < -0.39 is 19.0 Å². The minimum absolute atomic E-state index is 0.112. The quantitative estimate of drug-likeness (QED) is 0.632. The monoisotopic (exact) mass is 316 g/mol. The van der Waals surface area contributed by atoms with E-state index in [0.717, 1.165) is 18.4 Å². The van der Waals surface area contributed by atoms with Gasteiger partial charge in [-0.15, -0.1) is 6.42 Å². The summed E-state index contributed by atoms with van der Waals surface area (Å²) in [7, 11) is 3.09. The van der Waals surface area contributed by atoms with Crippen LogP contribution in [0.5, 0.6) is 0 Å². The van der Waals surface area contributed by atoms with Crippen molar-refractivity contribution < 1.29 is 19.1 Å². The molecule has 2 amide bonds. The summed E-state index contributed by atoms with van der Waals surface area (Å²) in [5.41, 5.74) is 2.30.